The number of nitrogens with one attached hydrogen (secondary N) is 1. The number of rotatable bonds is 4. The molecular weight excluding hydrogens is 531 g/mol. The second-order valence-electron chi connectivity index (χ2n) is 11.5. The van der Waals surface area contributed by atoms with E-state index in [1.807, 2.05) is 72.8 Å². The number of carbonyl (C=O) groups is 2. The smallest absolute Gasteiger partial charge is 0.160 e. The fourth-order valence-corrected chi connectivity index (χ4v) is 6.31. The molecule has 7 heteroatoms. The molecule has 0 amide bonds. The Balaban J connectivity index is 0.000000165. The first-order valence-electron chi connectivity index (χ1n) is 14.3. The van der Waals surface area contributed by atoms with E-state index in [2.05, 4.69) is 19.4 Å². The number of fused-ring (bicyclic) bond motifs is 2. The summed E-state index contributed by atoms with van der Waals surface area (Å²) in [4.78, 5) is 23.9. The summed E-state index contributed by atoms with van der Waals surface area (Å²) in [6.45, 7) is 6.45. The molecule has 2 aliphatic rings. The predicted octanol–water partition coefficient (Wildman–Crippen LogP) is 5.73. The van der Waals surface area contributed by atoms with E-state index in [9.17, 15) is 19.8 Å². The van der Waals surface area contributed by atoms with Crippen LogP contribution in [-0.4, -0.2) is 52.6 Å². The number of carbonyl (C=O) groups excluding carboxylic acids is 2. The molecule has 2 saturated heterocycles. The van der Waals surface area contributed by atoms with Crippen LogP contribution in [-0.2, 0) is 11.2 Å². The minimum absolute atomic E-state index is 0.0418. The molecule has 6 nitrogen and oxygen atoms in total. The molecule has 41 heavy (non-hydrogen) atoms. The number of piperidine rings is 2. The van der Waals surface area contributed by atoms with Gasteiger partial charge in [-0.25, -0.2) is 0 Å². The first-order valence-corrected chi connectivity index (χ1v) is 14.8. The Labute approximate surface area is 244 Å². The maximum Gasteiger partial charge on any atom is 0.160 e. The zero-order valence-electron chi connectivity index (χ0n) is 23.8. The van der Waals surface area contributed by atoms with Gasteiger partial charge in [-0.05, 0) is 110 Å². The van der Waals surface area contributed by atoms with Crippen molar-refractivity contribution in [2.45, 2.75) is 50.7 Å². The fraction of sp³-hybridized carbons (Fsp3) is 0.353. The van der Waals surface area contributed by atoms with Crippen LogP contribution in [0.3, 0.4) is 0 Å². The molecule has 1 atom stereocenters. The molecule has 4 aromatic rings. The maximum atomic E-state index is 12.0. The van der Waals surface area contributed by atoms with Crippen LogP contribution in [0.5, 0.6) is 0 Å². The van der Waals surface area contributed by atoms with Crippen LogP contribution < -0.4 is 5.32 Å². The van der Waals surface area contributed by atoms with Crippen LogP contribution in [0.2, 0.25) is 0 Å². The Morgan fingerprint density at radius 1 is 0.707 bits per heavy atom. The summed E-state index contributed by atoms with van der Waals surface area (Å²) in [7, 11) is 2.69. The summed E-state index contributed by atoms with van der Waals surface area (Å²) < 4.78 is 2.14. The van der Waals surface area contributed by atoms with Crippen molar-refractivity contribution in [3.8, 4) is 0 Å². The number of hydrogen-bond donors (Lipinski definition) is 3. The van der Waals surface area contributed by atoms with E-state index in [1.54, 1.807) is 13.8 Å². The quantitative estimate of drug-likeness (QED) is 0.215. The summed E-state index contributed by atoms with van der Waals surface area (Å²) >= 11 is 0. The van der Waals surface area contributed by atoms with Gasteiger partial charge in [0.2, 0.25) is 0 Å². The highest BCUT2D eigenvalue weighted by molar-refractivity contribution is 7.13. The van der Waals surface area contributed by atoms with Crippen molar-refractivity contribution in [2.24, 2.45) is 0 Å². The van der Waals surface area contributed by atoms with Gasteiger partial charge in [-0.1, -0.05) is 57.9 Å². The normalized spacial score (nSPS) is 18.5. The van der Waals surface area contributed by atoms with Gasteiger partial charge < -0.3 is 15.5 Å². The molecule has 4 aromatic carbocycles. The lowest BCUT2D eigenvalue weighted by atomic mass is 9.82. The Morgan fingerprint density at radius 2 is 1.12 bits per heavy atom. The van der Waals surface area contributed by atoms with E-state index in [0.717, 1.165) is 58.9 Å². The molecule has 0 saturated carbocycles. The van der Waals surface area contributed by atoms with Gasteiger partial charge in [-0.15, -0.1) is 0 Å². The third-order valence-electron chi connectivity index (χ3n) is 8.61. The number of nitrogens with zero attached hydrogens (tertiary/aromatic N) is 1. The monoisotopic (exact) mass is 570 g/mol. The molecule has 2 heterocycles. The van der Waals surface area contributed by atoms with E-state index in [0.29, 0.717) is 36.8 Å². The van der Waals surface area contributed by atoms with Crippen molar-refractivity contribution in [1.29, 1.82) is 0 Å². The third-order valence-corrected chi connectivity index (χ3v) is 9.13. The Kier molecular flexibility index (Phi) is 8.70. The van der Waals surface area contributed by atoms with Crippen LogP contribution in [0.1, 0.15) is 71.4 Å². The number of ketones is 2. The summed E-state index contributed by atoms with van der Waals surface area (Å²) in [5.74, 6) is 0.0840. The molecule has 214 valence electrons. The summed E-state index contributed by atoms with van der Waals surface area (Å²) in [6.07, 6.45) is 2.74. The molecule has 0 aliphatic carbocycles. The summed E-state index contributed by atoms with van der Waals surface area (Å²) in [5.41, 5.74) is 1.48. The largest absolute Gasteiger partial charge is 0.385 e. The number of Topliss-reactive ketones (excluding diaryl/α,β-unsaturated/α-hetero) is 2. The molecule has 0 bridgehead atoms. The number of benzene rings is 4. The number of hydrogen-bond acceptors (Lipinski definition) is 6. The SMILES string of the molecule is CC(=O)c1cc(C2(O)CCN(P)CC2)cc2ccccc12.CC(=O)c1cc(C2(O)CCNCC2)cc2ccccc12. The number of aliphatic hydroxyl groups is 2. The predicted molar refractivity (Wildman–Crippen MR) is 168 cm³/mol. The first-order chi connectivity index (χ1) is 19.6. The third kappa shape index (κ3) is 6.28. The van der Waals surface area contributed by atoms with Crippen LogP contribution in [0, 0.1) is 0 Å². The van der Waals surface area contributed by atoms with Gasteiger partial charge in [0.15, 0.2) is 11.6 Å². The Morgan fingerprint density at radius 3 is 1.56 bits per heavy atom. The summed E-state index contributed by atoms with van der Waals surface area (Å²) in [6, 6.07) is 23.5. The van der Waals surface area contributed by atoms with E-state index >= 15 is 0 Å². The summed E-state index contributed by atoms with van der Waals surface area (Å²) in [5, 5.41) is 29.0. The van der Waals surface area contributed by atoms with Crippen molar-refractivity contribution in [3.63, 3.8) is 0 Å². The van der Waals surface area contributed by atoms with Gasteiger partial charge in [-0.3, -0.25) is 14.3 Å². The molecule has 0 spiro atoms. The van der Waals surface area contributed by atoms with Crippen LogP contribution in [0.15, 0.2) is 72.8 Å². The fourth-order valence-electron chi connectivity index (χ4n) is 6.05. The topological polar surface area (TPSA) is 89.9 Å². The van der Waals surface area contributed by atoms with Gasteiger partial charge in [0.05, 0.1) is 11.2 Å². The average molecular weight is 571 g/mol. The van der Waals surface area contributed by atoms with Gasteiger partial charge in [0, 0.05) is 24.2 Å². The second-order valence-corrected chi connectivity index (χ2v) is 12.2. The van der Waals surface area contributed by atoms with Crippen molar-refractivity contribution in [2.75, 3.05) is 26.2 Å². The molecule has 3 N–H and O–H groups in total. The molecule has 0 radical (unpaired) electrons. The van der Waals surface area contributed by atoms with E-state index in [4.69, 9.17) is 0 Å². The molecule has 2 fully saturated rings. The van der Waals surface area contributed by atoms with Gasteiger partial charge in [0.25, 0.3) is 0 Å². The highest BCUT2D eigenvalue weighted by atomic mass is 31.0. The van der Waals surface area contributed by atoms with Gasteiger partial charge >= 0.3 is 0 Å². The minimum Gasteiger partial charge on any atom is -0.385 e. The zero-order chi connectivity index (χ0) is 29.2. The molecule has 0 aromatic heterocycles. The van der Waals surface area contributed by atoms with Gasteiger partial charge in [-0.2, -0.15) is 0 Å². The average Bonchev–Trinajstić information content (AvgIpc) is 2.98. The molecule has 2 aliphatic heterocycles. The minimum atomic E-state index is -0.832. The first kappa shape index (κ1) is 29.5. The Bertz CT molecular complexity index is 1590. The lowest BCUT2D eigenvalue weighted by Crippen LogP contribution is -2.39. The lowest BCUT2D eigenvalue weighted by Gasteiger charge is -2.37. The highest BCUT2D eigenvalue weighted by Gasteiger charge is 2.34. The van der Waals surface area contributed by atoms with Crippen LogP contribution >= 0.6 is 9.39 Å². The highest BCUT2D eigenvalue weighted by Crippen LogP contribution is 2.37. The van der Waals surface area contributed by atoms with Crippen LogP contribution in [0.25, 0.3) is 21.5 Å². The van der Waals surface area contributed by atoms with E-state index in [-0.39, 0.29) is 11.6 Å². The molecule has 6 rings (SSSR count). The lowest BCUT2D eigenvalue weighted by molar-refractivity contribution is -0.00817. The zero-order valence-corrected chi connectivity index (χ0v) is 25.0. The maximum absolute atomic E-state index is 12.0. The van der Waals surface area contributed by atoms with Crippen LogP contribution in [0.4, 0.5) is 0 Å². The molecular formula is C34H39N2O4P. The molecule has 1 unspecified atom stereocenters. The standard InChI is InChI=1S/C17H20NO2P.C17H19NO2/c1-12(19)16-11-14(10-13-4-2-3-5-15(13)16)17(20)6-8-18(21)9-7-17;1-12(19)16-11-14(17(20)6-8-18-9-7-17)10-13-4-2-3-5-15(13)16/h2-5,10-11,20H,6-9,21H2,1H3;2-5,10-11,18,20H,6-9H2,1H3. The Hall–Kier alpha value is -2.99. The van der Waals surface area contributed by atoms with Crippen molar-refractivity contribution >= 4 is 42.5 Å². The van der Waals surface area contributed by atoms with Crippen molar-refractivity contribution in [3.05, 3.63) is 95.1 Å². The second kappa shape index (κ2) is 12.1. The van der Waals surface area contributed by atoms with E-state index < -0.39 is 11.2 Å². The van der Waals surface area contributed by atoms with Crippen molar-refractivity contribution in [1.82, 2.24) is 9.99 Å². The van der Waals surface area contributed by atoms with Crippen molar-refractivity contribution < 1.29 is 19.8 Å². The van der Waals surface area contributed by atoms with E-state index in [1.165, 1.54) is 0 Å². The van der Waals surface area contributed by atoms with Gasteiger partial charge in [0.1, 0.15) is 0 Å².